The molecule has 0 amide bonds. The van der Waals surface area contributed by atoms with E-state index in [-0.39, 0.29) is 9.92 Å². The van der Waals surface area contributed by atoms with Crippen molar-refractivity contribution in [1.82, 2.24) is 4.72 Å². The van der Waals surface area contributed by atoms with Gasteiger partial charge in [-0.1, -0.05) is 59.6 Å². The summed E-state index contributed by atoms with van der Waals surface area (Å²) >= 11 is 12.1. The second kappa shape index (κ2) is 9.49. The molecule has 1 unspecified atom stereocenters. The molecule has 1 aliphatic heterocycles. The maximum absolute atomic E-state index is 13.2. The molecule has 1 heterocycles. The molecule has 4 rings (SSSR count). The monoisotopic (exact) mass is 477 g/mol. The van der Waals surface area contributed by atoms with Gasteiger partial charge in [-0.3, -0.25) is 0 Å². The van der Waals surface area contributed by atoms with E-state index in [9.17, 15) is 8.42 Å². The van der Waals surface area contributed by atoms with Crippen molar-refractivity contribution in [2.24, 2.45) is 0 Å². The summed E-state index contributed by atoms with van der Waals surface area (Å²) in [6.07, 6.45) is 1.24. The predicted molar refractivity (Wildman–Crippen MR) is 122 cm³/mol. The van der Waals surface area contributed by atoms with Crippen LogP contribution in [0.1, 0.15) is 23.6 Å². The van der Waals surface area contributed by atoms with Crippen molar-refractivity contribution in [3.05, 3.63) is 87.9 Å². The Morgan fingerprint density at radius 1 is 0.903 bits per heavy atom. The van der Waals surface area contributed by atoms with Crippen LogP contribution in [0.15, 0.2) is 71.6 Å². The molecule has 3 aromatic carbocycles. The van der Waals surface area contributed by atoms with Crippen LogP contribution in [0.2, 0.25) is 10.0 Å². The van der Waals surface area contributed by atoms with E-state index in [4.69, 9.17) is 32.7 Å². The first-order chi connectivity index (χ1) is 14.9. The van der Waals surface area contributed by atoms with Crippen LogP contribution < -0.4 is 14.2 Å². The summed E-state index contributed by atoms with van der Waals surface area (Å²) in [5.41, 5.74) is 1.76. The largest absolute Gasteiger partial charge is 0.490 e. The average Bonchev–Trinajstić information content (AvgIpc) is 2.98. The highest BCUT2D eigenvalue weighted by atomic mass is 35.5. The van der Waals surface area contributed by atoms with Crippen LogP contribution in [0.25, 0.3) is 0 Å². The van der Waals surface area contributed by atoms with E-state index in [0.29, 0.717) is 36.2 Å². The molecule has 0 fully saturated rings. The zero-order chi connectivity index (χ0) is 21.8. The molecule has 31 heavy (non-hydrogen) atoms. The molecule has 3 aromatic rings. The Labute approximate surface area is 192 Å². The van der Waals surface area contributed by atoms with Crippen LogP contribution >= 0.6 is 23.2 Å². The Hall–Kier alpha value is -2.25. The molecular weight excluding hydrogens is 457 g/mol. The molecule has 0 saturated heterocycles. The minimum Gasteiger partial charge on any atom is -0.490 e. The van der Waals surface area contributed by atoms with Crippen molar-refractivity contribution in [1.29, 1.82) is 0 Å². The van der Waals surface area contributed by atoms with Crippen molar-refractivity contribution < 1.29 is 17.9 Å². The molecule has 0 aromatic heterocycles. The Morgan fingerprint density at radius 3 is 2.39 bits per heavy atom. The molecular formula is C23H21Cl2NO4S. The normalized spacial score (nSPS) is 14.6. The average molecular weight is 478 g/mol. The number of hydrogen-bond acceptors (Lipinski definition) is 4. The van der Waals surface area contributed by atoms with Crippen molar-refractivity contribution in [3.63, 3.8) is 0 Å². The second-order valence-electron chi connectivity index (χ2n) is 7.19. The summed E-state index contributed by atoms with van der Waals surface area (Å²) in [5, 5.41) is 0.435. The Kier molecular flexibility index (Phi) is 6.72. The third kappa shape index (κ3) is 5.33. The third-order valence-corrected chi connectivity index (χ3v) is 7.13. The highest BCUT2D eigenvalue weighted by Gasteiger charge is 2.25. The fourth-order valence-electron chi connectivity index (χ4n) is 3.42. The molecule has 0 bridgehead atoms. The van der Waals surface area contributed by atoms with Gasteiger partial charge in [-0.25, -0.2) is 13.1 Å². The number of halogens is 2. The van der Waals surface area contributed by atoms with E-state index in [0.717, 1.165) is 17.5 Å². The molecule has 1 atom stereocenters. The summed E-state index contributed by atoms with van der Waals surface area (Å²) in [4.78, 5) is -0.0222. The maximum atomic E-state index is 13.2. The first-order valence-corrected chi connectivity index (χ1v) is 12.1. The van der Waals surface area contributed by atoms with Crippen LogP contribution in [0.4, 0.5) is 0 Å². The lowest BCUT2D eigenvalue weighted by Crippen LogP contribution is -2.30. The van der Waals surface area contributed by atoms with Crippen LogP contribution in [0.3, 0.4) is 0 Å². The van der Waals surface area contributed by atoms with E-state index in [1.54, 1.807) is 0 Å². The van der Waals surface area contributed by atoms with Crippen LogP contribution in [-0.2, 0) is 16.4 Å². The van der Waals surface area contributed by atoms with Crippen LogP contribution in [0, 0.1) is 0 Å². The van der Waals surface area contributed by atoms with Gasteiger partial charge >= 0.3 is 0 Å². The zero-order valence-electron chi connectivity index (χ0n) is 16.6. The van der Waals surface area contributed by atoms with Gasteiger partial charge in [-0.05, 0) is 47.9 Å². The van der Waals surface area contributed by atoms with Gasteiger partial charge in [-0.15, -0.1) is 0 Å². The molecule has 0 spiro atoms. The summed E-state index contributed by atoms with van der Waals surface area (Å²) in [6, 6.07) is 19.0. The van der Waals surface area contributed by atoms with Crippen molar-refractivity contribution in [2.45, 2.75) is 23.8 Å². The number of fused-ring (bicyclic) bond motifs is 1. The lowest BCUT2D eigenvalue weighted by Gasteiger charge is -2.21. The standard InChI is InChI=1S/C23H21Cl2NO4S/c24-18-8-10-23(19(25)15-18)31(27,28)26-20(13-16-5-2-1-3-6-16)17-7-9-21-22(14-17)30-12-4-11-29-21/h1-3,5-10,14-15,20,26H,4,11-13H2. The fraction of sp³-hybridized carbons (Fsp3) is 0.217. The number of rotatable bonds is 6. The Balaban J connectivity index is 1.70. The first kappa shape index (κ1) is 22.0. The smallest absolute Gasteiger partial charge is 0.242 e. The number of benzene rings is 3. The van der Waals surface area contributed by atoms with Crippen molar-refractivity contribution in [3.8, 4) is 11.5 Å². The Morgan fingerprint density at radius 2 is 1.65 bits per heavy atom. The molecule has 162 valence electrons. The van der Waals surface area contributed by atoms with Gasteiger partial charge in [0, 0.05) is 11.4 Å². The number of sulfonamides is 1. The molecule has 0 aliphatic carbocycles. The van der Waals surface area contributed by atoms with Crippen molar-refractivity contribution in [2.75, 3.05) is 13.2 Å². The molecule has 5 nitrogen and oxygen atoms in total. The lowest BCUT2D eigenvalue weighted by atomic mass is 9.99. The van der Waals surface area contributed by atoms with E-state index in [1.165, 1.54) is 18.2 Å². The van der Waals surface area contributed by atoms with E-state index in [2.05, 4.69) is 4.72 Å². The van der Waals surface area contributed by atoms with Crippen LogP contribution in [0.5, 0.6) is 11.5 Å². The van der Waals surface area contributed by atoms with Gasteiger partial charge in [0.15, 0.2) is 11.5 Å². The van der Waals surface area contributed by atoms with E-state index < -0.39 is 16.1 Å². The predicted octanol–water partition coefficient (Wildman–Crippen LogP) is 5.42. The van der Waals surface area contributed by atoms with Gasteiger partial charge in [0.2, 0.25) is 10.0 Å². The number of hydrogen-bond donors (Lipinski definition) is 1. The maximum Gasteiger partial charge on any atom is 0.242 e. The van der Waals surface area contributed by atoms with Gasteiger partial charge in [0.05, 0.1) is 24.3 Å². The minimum absolute atomic E-state index is 0.0222. The molecule has 1 aliphatic rings. The van der Waals surface area contributed by atoms with Gasteiger partial charge in [0.1, 0.15) is 4.90 Å². The highest BCUT2D eigenvalue weighted by Crippen LogP contribution is 2.34. The quantitative estimate of drug-likeness (QED) is 0.514. The molecule has 0 radical (unpaired) electrons. The third-order valence-electron chi connectivity index (χ3n) is 4.94. The highest BCUT2D eigenvalue weighted by molar-refractivity contribution is 7.89. The fourth-order valence-corrected chi connectivity index (χ4v) is 5.41. The van der Waals surface area contributed by atoms with Gasteiger partial charge < -0.3 is 9.47 Å². The first-order valence-electron chi connectivity index (χ1n) is 9.83. The van der Waals surface area contributed by atoms with E-state index in [1.807, 2.05) is 48.5 Å². The lowest BCUT2D eigenvalue weighted by molar-refractivity contribution is 0.297. The summed E-state index contributed by atoms with van der Waals surface area (Å²) in [5.74, 6) is 1.26. The van der Waals surface area contributed by atoms with Gasteiger partial charge in [0.25, 0.3) is 0 Å². The number of nitrogens with one attached hydrogen (secondary N) is 1. The summed E-state index contributed by atoms with van der Waals surface area (Å²) in [7, 11) is -3.92. The van der Waals surface area contributed by atoms with Crippen molar-refractivity contribution >= 4 is 33.2 Å². The minimum atomic E-state index is -3.92. The molecule has 8 heteroatoms. The molecule has 0 saturated carbocycles. The SMILES string of the molecule is O=S(=O)(NC(Cc1ccccc1)c1ccc2c(c1)OCCCO2)c1ccc(Cl)cc1Cl. The van der Waals surface area contributed by atoms with Gasteiger partial charge in [-0.2, -0.15) is 0 Å². The summed E-state index contributed by atoms with van der Waals surface area (Å²) < 4.78 is 40.7. The molecule has 1 N–H and O–H groups in total. The zero-order valence-corrected chi connectivity index (χ0v) is 18.9. The number of ether oxygens (including phenoxy) is 2. The topological polar surface area (TPSA) is 64.6 Å². The van der Waals surface area contributed by atoms with Crippen LogP contribution in [-0.4, -0.2) is 21.6 Å². The summed E-state index contributed by atoms with van der Waals surface area (Å²) in [6.45, 7) is 1.13. The van der Waals surface area contributed by atoms with E-state index >= 15 is 0 Å². The Bertz CT molecular complexity index is 1170. The second-order valence-corrected chi connectivity index (χ2v) is 9.72.